The first-order valence-electron chi connectivity index (χ1n) is 6.56. The van der Waals surface area contributed by atoms with E-state index < -0.39 is 9.84 Å². The van der Waals surface area contributed by atoms with Crippen molar-refractivity contribution in [2.24, 2.45) is 0 Å². The van der Waals surface area contributed by atoms with Crippen LogP contribution in [0.25, 0.3) is 0 Å². The Morgan fingerprint density at radius 2 is 1.76 bits per heavy atom. The molecule has 0 aliphatic carbocycles. The molecule has 21 heavy (non-hydrogen) atoms. The van der Waals surface area contributed by atoms with Crippen LogP contribution in [0.5, 0.6) is 5.75 Å². The van der Waals surface area contributed by atoms with E-state index in [0.29, 0.717) is 21.9 Å². The van der Waals surface area contributed by atoms with Crippen LogP contribution in [-0.4, -0.2) is 15.5 Å². The lowest BCUT2D eigenvalue weighted by atomic mass is 10.1. The molecule has 0 fully saturated rings. The molecule has 2 aromatic carbocycles. The summed E-state index contributed by atoms with van der Waals surface area (Å²) in [5, 5.41) is 0. The van der Waals surface area contributed by atoms with E-state index in [-0.39, 0.29) is 5.75 Å². The zero-order valence-corrected chi connectivity index (χ0v) is 13.2. The summed E-state index contributed by atoms with van der Waals surface area (Å²) in [5.74, 6) is 0.464. The fourth-order valence-corrected chi connectivity index (χ4v) is 3.50. The summed E-state index contributed by atoms with van der Waals surface area (Å²) >= 11 is 0. The van der Waals surface area contributed by atoms with E-state index in [0.717, 1.165) is 11.1 Å². The summed E-state index contributed by atoms with van der Waals surface area (Å²) in [5.41, 5.74) is 8.93. The lowest BCUT2D eigenvalue weighted by Gasteiger charge is -2.09. The summed E-state index contributed by atoms with van der Waals surface area (Å²) in [6.45, 7) is 3.86. The van der Waals surface area contributed by atoms with Crippen LogP contribution in [0.1, 0.15) is 16.7 Å². The van der Waals surface area contributed by atoms with Gasteiger partial charge in [-0.25, -0.2) is 8.42 Å². The third-order valence-corrected chi connectivity index (χ3v) is 5.17. The molecule has 0 aliphatic heterocycles. The second kappa shape index (κ2) is 5.77. The molecule has 0 atom stereocenters. The van der Waals surface area contributed by atoms with Crippen LogP contribution < -0.4 is 10.5 Å². The van der Waals surface area contributed by atoms with E-state index in [1.807, 2.05) is 19.9 Å². The molecule has 5 heteroatoms. The van der Waals surface area contributed by atoms with Gasteiger partial charge in [0.25, 0.3) is 0 Å². The molecule has 2 N–H and O–H groups in total. The minimum Gasteiger partial charge on any atom is -0.495 e. The number of hydrogen-bond donors (Lipinski definition) is 1. The van der Waals surface area contributed by atoms with Gasteiger partial charge in [0, 0.05) is 0 Å². The lowest BCUT2D eigenvalue weighted by Crippen LogP contribution is -2.06. The van der Waals surface area contributed by atoms with Crippen LogP contribution in [0.4, 0.5) is 5.69 Å². The highest BCUT2D eigenvalue weighted by atomic mass is 32.2. The average Bonchev–Trinajstić information content (AvgIpc) is 2.41. The van der Waals surface area contributed by atoms with Gasteiger partial charge in [0.1, 0.15) is 5.75 Å². The molecular weight excluding hydrogens is 286 g/mol. The molecule has 0 saturated heterocycles. The van der Waals surface area contributed by atoms with Gasteiger partial charge >= 0.3 is 0 Å². The van der Waals surface area contributed by atoms with Crippen LogP contribution in [-0.2, 0) is 15.6 Å². The monoisotopic (exact) mass is 305 g/mol. The van der Waals surface area contributed by atoms with Crippen LogP contribution in [0.3, 0.4) is 0 Å². The maximum absolute atomic E-state index is 12.5. The van der Waals surface area contributed by atoms with Gasteiger partial charge in [0.15, 0.2) is 9.84 Å². The van der Waals surface area contributed by atoms with E-state index >= 15 is 0 Å². The van der Waals surface area contributed by atoms with Crippen molar-refractivity contribution < 1.29 is 13.2 Å². The summed E-state index contributed by atoms with van der Waals surface area (Å²) < 4.78 is 30.0. The van der Waals surface area contributed by atoms with Gasteiger partial charge < -0.3 is 10.5 Å². The minimum absolute atomic E-state index is 0.0797. The third kappa shape index (κ3) is 3.36. The summed E-state index contributed by atoms with van der Waals surface area (Å²) in [6.07, 6.45) is 0. The van der Waals surface area contributed by atoms with Crippen molar-refractivity contribution in [2.75, 3.05) is 12.8 Å². The number of methoxy groups -OCH3 is 1. The summed E-state index contributed by atoms with van der Waals surface area (Å²) in [6, 6.07) is 10.2. The highest BCUT2D eigenvalue weighted by Gasteiger charge is 2.16. The standard InChI is InChI=1S/C16H19NO3S/c1-11-4-6-14(8-12(11)2)21(18,19)10-13-5-7-16(20-3)15(17)9-13/h4-9H,10,17H2,1-3H3. The van der Waals surface area contributed by atoms with Gasteiger partial charge in [-0.05, 0) is 54.8 Å². The van der Waals surface area contributed by atoms with Crippen LogP contribution in [0, 0.1) is 13.8 Å². The van der Waals surface area contributed by atoms with E-state index in [4.69, 9.17) is 10.5 Å². The van der Waals surface area contributed by atoms with Gasteiger partial charge in [-0.3, -0.25) is 0 Å². The third-order valence-electron chi connectivity index (χ3n) is 3.49. The zero-order valence-electron chi connectivity index (χ0n) is 12.4. The number of hydrogen-bond acceptors (Lipinski definition) is 4. The Kier molecular flexibility index (Phi) is 4.23. The Morgan fingerprint density at radius 1 is 1.05 bits per heavy atom. The Balaban J connectivity index is 2.32. The maximum atomic E-state index is 12.5. The minimum atomic E-state index is -3.39. The first-order chi connectivity index (χ1) is 9.83. The Labute approximate surface area is 125 Å². The number of ether oxygens (including phenoxy) is 1. The molecule has 0 spiro atoms. The summed E-state index contributed by atoms with van der Waals surface area (Å²) in [7, 11) is -1.86. The predicted molar refractivity (Wildman–Crippen MR) is 84.2 cm³/mol. The second-order valence-electron chi connectivity index (χ2n) is 5.08. The van der Waals surface area contributed by atoms with Crippen molar-refractivity contribution in [1.29, 1.82) is 0 Å². The molecule has 0 amide bonds. The topological polar surface area (TPSA) is 69.4 Å². The van der Waals surface area contributed by atoms with Crippen molar-refractivity contribution in [1.82, 2.24) is 0 Å². The Bertz CT molecular complexity index is 767. The first-order valence-corrected chi connectivity index (χ1v) is 8.21. The largest absolute Gasteiger partial charge is 0.495 e. The molecule has 0 radical (unpaired) electrons. The Hall–Kier alpha value is -2.01. The van der Waals surface area contributed by atoms with Crippen molar-refractivity contribution in [3.63, 3.8) is 0 Å². The van der Waals surface area contributed by atoms with Crippen LogP contribution in [0.2, 0.25) is 0 Å². The van der Waals surface area contributed by atoms with E-state index in [1.165, 1.54) is 7.11 Å². The second-order valence-corrected chi connectivity index (χ2v) is 7.07. The van der Waals surface area contributed by atoms with Gasteiger partial charge in [-0.15, -0.1) is 0 Å². The average molecular weight is 305 g/mol. The maximum Gasteiger partial charge on any atom is 0.182 e. The molecule has 0 unspecified atom stereocenters. The highest BCUT2D eigenvalue weighted by Crippen LogP contribution is 2.25. The van der Waals surface area contributed by atoms with Crippen molar-refractivity contribution in [2.45, 2.75) is 24.5 Å². The number of anilines is 1. The molecule has 0 saturated carbocycles. The summed E-state index contributed by atoms with van der Waals surface area (Å²) in [4.78, 5) is 0.333. The molecule has 2 aromatic rings. The van der Waals surface area contributed by atoms with Crippen molar-refractivity contribution >= 4 is 15.5 Å². The van der Waals surface area contributed by atoms with Gasteiger partial charge in [-0.1, -0.05) is 12.1 Å². The highest BCUT2D eigenvalue weighted by molar-refractivity contribution is 7.90. The molecule has 0 heterocycles. The molecule has 4 nitrogen and oxygen atoms in total. The van der Waals surface area contributed by atoms with Gasteiger partial charge in [0.2, 0.25) is 0 Å². The zero-order chi connectivity index (χ0) is 15.6. The number of aryl methyl sites for hydroxylation is 2. The first kappa shape index (κ1) is 15.4. The predicted octanol–water partition coefficient (Wildman–Crippen LogP) is 2.87. The van der Waals surface area contributed by atoms with E-state index in [9.17, 15) is 8.42 Å². The van der Waals surface area contributed by atoms with Gasteiger partial charge in [-0.2, -0.15) is 0 Å². The van der Waals surface area contributed by atoms with E-state index in [1.54, 1.807) is 30.3 Å². The van der Waals surface area contributed by atoms with Crippen molar-refractivity contribution in [3.8, 4) is 5.75 Å². The molecule has 2 rings (SSSR count). The molecular formula is C16H19NO3S. The smallest absolute Gasteiger partial charge is 0.182 e. The molecule has 0 bridgehead atoms. The quantitative estimate of drug-likeness (QED) is 0.882. The fraction of sp³-hybridized carbons (Fsp3) is 0.250. The number of nitrogens with two attached hydrogens (primary N) is 1. The Morgan fingerprint density at radius 3 is 2.33 bits per heavy atom. The van der Waals surface area contributed by atoms with Crippen LogP contribution >= 0.6 is 0 Å². The number of rotatable bonds is 4. The lowest BCUT2D eigenvalue weighted by molar-refractivity contribution is 0.417. The number of benzene rings is 2. The molecule has 0 aliphatic rings. The SMILES string of the molecule is COc1ccc(CS(=O)(=O)c2ccc(C)c(C)c2)cc1N. The fourth-order valence-electron chi connectivity index (χ4n) is 2.08. The van der Waals surface area contributed by atoms with Crippen LogP contribution in [0.15, 0.2) is 41.3 Å². The normalized spacial score (nSPS) is 11.4. The number of nitrogen functional groups attached to an aromatic ring is 1. The van der Waals surface area contributed by atoms with E-state index in [2.05, 4.69) is 0 Å². The van der Waals surface area contributed by atoms with Crippen molar-refractivity contribution in [3.05, 3.63) is 53.1 Å². The molecule has 112 valence electrons. The number of sulfone groups is 1. The van der Waals surface area contributed by atoms with Gasteiger partial charge in [0.05, 0.1) is 23.4 Å². The molecule has 0 aromatic heterocycles.